The van der Waals surface area contributed by atoms with Crippen LogP contribution >= 0.6 is 11.3 Å². The zero-order chi connectivity index (χ0) is 14.0. The molecule has 0 aliphatic carbocycles. The van der Waals surface area contributed by atoms with Crippen molar-refractivity contribution in [1.82, 2.24) is 14.8 Å². The Bertz CT molecular complexity index is 566. The van der Waals surface area contributed by atoms with Crippen LogP contribution in [0.3, 0.4) is 0 Å². The molecule has 0 bridgehead atoms. The zero-order valence-corrected chi connectivity index (χ0v) is 12.4. The van der Waals surface area contributed by atoms with Crippen molar-refractivity contribution >= 4 is 23.1 Å². The van der Waals surface area contributed by atoms with Gasteiger partial charge in [0.1, 0.15) is 5.82 Å². The minimum absolute atomic E-state index is 0.0729. The standard InChI is InChI=1S/C13H18N4OS/c1-9-5-11(17(16-9)13(2,3)4)15-12(18)6-10-7-19-8-14-10/h5,7-8H,6H2,1-4H3,(H,15,18). The summed E-state index contributed by atoms with van der Waals surface area (Å²) >= 11 is 1.49. The average molecular weight is 278 g/mol. The van der Waals surface area contributed by atoms with E-state index in [1.807, 2.05) is 23.1 Å². The minimum atomic E-state index is -0.169. The van der Waals surface area contributed by atoms with Crippen LogP contribution in [0.1, 0.15) is 32.2 Å². The quantitative estimate of drug-likeness (QED) is 0.938. The molecule has 2 rings (SSSR count). The fourth-order valence-electron chi connectivity index (χ4n) is 1.78. The molecule has 2 aromatic heterocycles. The number of rotatable bonds is 3. The normalized spacial score (nSPS) is 11.6. The third-order valence-electron chi connectivity index (χ3n) is 2.56. The van der Waals surface area contributed by atoms with E-state index in [1.54, 1.807) is 5.51 Å². The SMILES string of the molecule is Cc1cc(NC(=O)Cc2cscn2)n(C(C)(C)C)n1. The van der Waals surface area contributed by atoms with Gasteiger partial charge in [0.15, 0.2) is 0 Å². The number of nitrogens with zero attached hydrogens (tertiary/aromatic N) is 3. The van der Waals surface area contributed by atoms with Crippen LogP contribution in [0.5, 0.6) is 0 Å². The first-order valence-corrected chi connectivity index (χ1v) is 7.04. The molecule has 19 heavy (non-hydrogen) atoms. The van der Waals surface area contributed by atoms with Crippen LogP contribution in [-0.2, 0) is 16.8 Å². The minimum Gasteiger partial charge on any atom is -0.311 e. The summed E-state index contributed by atoms with van der Waals surface area (Å²) < 4.78 is 1.83. The number of aromatic nitrogens is 3. The molecule has 0 spiro atoms. The van der Waals surface area contributed by atoms with Gasteiger partial charge in [-0.25, -0.2) is 9.67 Å². The second-order valence-electron chi connectivity index (χ2n) is 5.46. The number of anilines is 1. The van der Waals surface area contributed by atoms with Gasteiger partial charge in [-0.15, -0.1) is 11.3 Å². The predicted molar refractivity (Wildman–Crippen MR) is 76.4 cm³/mol. The van der Waals surface area contributed by atoms with Crippen LogP contribution < -0.4 is 5.32 Å². The molecule has 1 amide bonds. The van der Waals surface area contributed by atoms with E-state index >= 15 is 0 Å². The fourth-order valence-corrected chi connectivity index (χ4v) is 2.33. The molecule has 102 valence electrons. The first-order valence-electron chi connectivity index (χ1n) is 6.10. The van der Waals surface area contributed by atoms with Crippen LogP contribution in [0.2, 0.25) is 0 Å². The van der Waals surface area contributed by atoms with E-state index < -0.39 is 0 Å². The molecule has 0 saturated heterocycles. The van der Waals surface area contributed by atoms with Crippen molar-refractivity contribution in [3.05, 3.63) is 28.3 Å². The van der Waals surface area contributed by atoms with Crippen molar-refractivity contribution < 1.29 is 4.79 Å². The number of carbonyl (C=O) groups excluding carboxylic acids is 1. The summed E-state index contributed by atoms with van der Waals surface area (Å²) in [6.45, 7) is 8.07. The Morgan fingerprint density at radius 1 is 1.47 bits per heavy atom. The molecule has 0 unspecified atom stereocenters. The molecule has 5 nitrogen and oxygen atoms in total. The summed E-state index contributed by atoms with van der Waals surface area (Å²) in [5, 5.41) is 9.20. The first-order chi connectivity index (χ1) is 8.86. The lowest BCUT2D eigenvalue weighted by molar-refractivity contribution is -0.115. The molecular weight excluding hydrogens is 260 g/mol. The monoisotopic (exact) mass is 278 g/mol. The summed E-state index contributed by atoms with van der Waals surface area (Å²) in [5.41, 5.74) is 3.24. The Balaban J connectivity index is 2.13. The van der Waals surface area contributed by atoms with Crippen molar-refractivity contribution in [3.63, 3.8) is 0 Å². The molecule has 0 aromatic carbocycles. The Labute approximate surface area is 116 Å². The molecule has 6 heteroatoms. The lowest BCUT2D eigenvalue weighted by Crippen LogP contribution is -2.27. The summed E-state index contributed by atoms with van der Waals surface area (Å²) in [4.78, 5) is 16.1. The fraction of sp³-hybridized carbons (Fsp3) is 0.462. The van der Waals surface area contributed by atoms with Gasteiger partial charge in [-0.1, -0.05) is 0 Å². The van der Waals surface area contributed by atoms with E-state index in [0.717, 1.165) is 17.2 Å². The van der Waals surface area contributed by atoms with Gasteiger partial charge >= 0.3 is 0 Å². The van der Waals surface area contributed by atoms with Gasteiger partial charge in [0.25, 0.3) is 0 Å². The highest BCUT2D eigenvalue weighted by Crippen LogP contribution is 2.21. The maximum absolute atomic E-state index is 12.0. The van der Waals surface area contributed by atoms with Gasteiger partial charge in [-0.2, -0.15) is 5.10 Å². The smallest absolute Gasteiger partial charge is 0.231 e. The number of nitrogens with one attached hydrogen (secondary N) is 1. The Hall–Kier alpha value is -1.69. The first kappa shape index (κ1) is 13.7. The van der Waals surface area contributed by atoms with Gasteiger partial charge in [-0.05, 0) is 27.7 Å². The van der Waals surface area contributed by atoms with Crippen LogP contribution in [0.25, 0.3) is 0 Å². The van der Waals surface area contributed by atoms with Crippen molar-refractivity contribution in [2.24, 2.45) is 0 Å². The number of thiazole rings is 1. The number of hydrogen-bond donors (Lipinski definition) is 1. The Kier molecular flexibility index (Phi) is 3.71. The van der Waals surface area contributed by atoms with E-state index in [9.17, 15) is 4.79 Å². The van der Waals surface area contributed by atoms with Crippen molar-refractivity contribution in [2.45, 2.75) is 39.7 Å². The average Bonchev–Trinajstić information content (AvgIpc) is 2.87. The summed E-state index contributed by atoms with van der Waals surface area (Å²) in [6.07, 6.45) is 0.290. The molecule has 2 aromatic rings. The highest BCUT2D eigenvalue weighted by molar-refractivity contribution is 7.07. The van der Waals surface area contributed by atoms with E-state index in [-0.39, 0.29) is 17.9 Å². The number of carbonyl (C=O) groups is 1. The van der Waals surface area contributed by atoms with Crippen molar-refractivity contribution in [2.75, 3.05) is 5.32 Å². The van der Waals surface area contributed by atoms with Gasteiger partial charge in [0, 0.05) is 11.4 Å². The van der Waals surface area contributed by atoms with Crippen LogP contribution in [0.4, 0.5) is 5.82 Å². The predicted octanol–water partition coefficient (Wildman–Crippen LogP) is 2.58. The zero-order valence-electron chi connectivity index (χ0n) is 11.6. The molecule has 0 saturated carbocycles. The topological polar surface area (TPSA) is 59.8 Å². The second-order valence-corrected chi connectivity index (χ2v) is 6.18. The molecular formula is C13H18N4OS. The third kappa shape index (κ3) is 3.41. The molecule has 0 atom stereocenters. The van der Waals surface area contributed by atoms with Crippen molar-refractivity contribution in [1.29, 1.82) is 0 Å². The Morgan fingerprint density at radius 3 is 2.79 bits per heavy atom. The Morgan fingerprint density at radius 2 is 2.21 bits per heavy atom. The highest BCUT2D eigenvalue weighted by Gasteiger charge is 2.20. The van der Waals surface area contributed by atoms with Gasteiger partial charge in [-0.3, -0.25) is 4.79 Å². The van der Waals surface area contributed by atoms with E-state index in [0.29, 0.717) is 0 Å². The van der Waals surface area contributed by atoms with E-state index in [2.05, 4.69) is 36.2 Å². The maximum atomic E-state index is 12.0. The number of aryl methyl sites for hydroxylation is 1. The van der Waals surface area contributed by atoms with Crippen molar-refractivity contribution in [3.8, 4) is 0 Å². The molecule has 2 heterocycles. The van der Waals surface area contributed by atoms with E-state index in [4.69, 9.17) is 0 Å². The summed E-state index contributed by atoms with van der Waals surface area (Å²) in [7, 11) is 0. The molecule has 0 fully saturated rings. The maximum Gasteiger partial charge on any atom is 0.231 e. The van der Waals surface area contributed by atoms with Crippen LogP contribution in [0, 0.1) is 6.92 Å². The molecule has 0 radical (unpaired) electrons. The number of hydrogen-bond acceptors (Lipinski definition) is 4. The van der Waals surface area contributed by atoms with E-state index in [1.165, 1.54) is 11.3 Å². The van der Waals surface area contributed by atoms with Gasteiger partial charge in [0.05, 0.1) is 28.9 Å². The molecule has 0 aliphatic rings. The summed E-state index contributed by atoms with van der Waals surface area (Å²) in [6, 6.07) is 1.88. The molecule has 0 aliphatic heterocycles. The van der Waals surface area contributed by atoms with Gasteiger partial charge in [0.2, 0.25) is 5.91 Å². The second kappa shape index (κ2) is 5.13. The van der Waals surface area contributed by atoms with Crippen LogP contribution in [0.15, 0.2) is 17.0 Å². The largest absolute Gasteiger partial charge is 0.311 e. The lowest BCUT2D eigenvalue weighted by atomic mass is 10.1. The lowest BCUT2D eigenvalue weighted by Gasteiger charge is -2.22. The summed E-state index contributed by atoms with van der Waals surface area (Å²) in [5.74, 6) is 0.654. The highest BCUT2D eigenvalue weighted by atomic mass is 32.1. The molecule has 1 N–H and O–H groups in total. The van der Waals surface area contributed by atoms with Crippen LogP contribution in [-0.4, -0.2) is 20.7 Å². The third-order valence-corrected chi connectivity index (χ3v) is 3.19. The van der Waals surface area contributed by atoms with Gasteiger partial charge < -0.3 is 5.32 Å². The number of amides is 1.